The Labute approximate surface area is 135 Å². The molecule has 2 aromatic rings. The van der Waals surface area contributed by atoms with E-state index >= 15 is 0 Å². The average Bonchev–Trinajstić information content (AvgIpc) is 2.93. The summed E-state index contributed by atoms with van der Waals surface area (Å²) < 4.78 is 10.9. The number of hydrogen-bond acceptors (Lipinski definition) is 7. The quantitative estimate of drug-likeness (QED) is 0.806. The topological polar surface area (TPSA) is 71.4 Å². The van der Waals surface area contributed by atoms with Gasteiger partial charge in [-0.15, -0.1) is 0 Å². The van der Waals surface area contributed by atoms with Crippen molar-refractivity contribution < 1.29 is 8.94 Å². The monoisotopic (exact) mass is 317 g/mol. The summed E-state index contributed by atoms with van der Waals surface area (Å²) in [5.74, 6) is 3.85. The standard InChI is InChI=1S/C16H23N5O2/c1-11-7-17-14(22-11)9-20(2)13-5-6-21(8-13)10-15-18-16(19-23-15)12-3-4-12/h7,12-13H,3-6,8-10H2,1-2H3/t13-/m0/s1. The van der Waals surface area contributed by atoms with Crippen LogP contribution in [-0.4, -0.2) is 51.1 Å². The molecule has 124 valence electrons. The van der Waals surface area contributed by atoms with Crippen LogP contribution in [0.5, 0.6) is 0 Å². The van der Waals surface area contributed by atoms with Gasteiger partial charge in [-0.25, -0.2) is 4.98 Å². The number of hydrogen-bond donors (Lipinski definition) is 0. The van der Waals surface area contributed by atoms with E-state index in [1.807, 2.05) is 6.92 Å². The van der Waals surface area contributed by atoms with Crippen LogP contribution < -0.4 is 0 Å². The Morgan fingerprint density at radius 1 is 1.30 bits per heavy atom. The molecule has 3 heterocycles. The van der Waals surface area contributed by atoms with Crippen molar-refractivity contribution in [1.29, 1.82) is 0 Å². The Bertz CT molecular complexity index is 663. The third kappa shape index (κ3) is 3.45. The van der Waals surface area contributed by atoms with Gasteiger partial charge in [-0.3, -0.25) is 9.80 Å². The molecule has 1 aliphatic carbocycles. The molecule has 2 aromatic heterocycles. The molecule has 0 bridgehead atoms. The molecule has 0 unspecified atom stereocenters. The minimum atomic E-state index is 0.507. The first-order valence-corrected chi connectivity index (χ1v) is 8.34. The van der Waals surface area contributed by atoms with Crippen molar-refractivity contribution in [2.75, 3.05) is 20.1 Å². The zero-order valence-corrected chi connectivity index (χ0v) is 13.7. The van der Waals surface area contributed by atoms with Crippen molar-refractivity contribution in [3.05, 3.63) is 29.6 Å². The summed E-state index contributed by atoms with van der Waals surface area (Å²) in [6, 6.07) is 0.507. The fraction of sp³-hybridized carbons (Fsp3) is 0.688. The summed E-state index contributed by atoms with van der Waals surface area (Å²) in [5, 5.41) is 4.09. The van der Waals surface area contributed by atoms with E-state index in [9.17, 15) is 0 Å². The fourth-order valence-corrected chi connectivity index (χ4v) is 3.16. The van der Waals surface area contributed by atoms with Gasteiger partial charge in [0.15, 0.2) is 5.82 Å². The molecule has 7 heteroatoms. The van der Waals surface area contributed by atoms with Crippen LogP contribution in [0.4, 0.5) is 0 Å². The molecule has 1 aliphatic heterocycles. The maximum absolute atomic E-state index is 5.57. The maximum Gasteiger partial charge on any atom is 0.240 e. The van der Waals surface area contributed by atoms with E-state index in [-0.39, 0.29) is 0 Å². The number of rotatable bonds is 6. The zero-order valence-electron chi connectivity index (χ0n) is 13.7. The predicted octanol–water partition coefficient (Wildman–Crippen LogP) is 1.95. The minimum Gasteiger partial charge on any atom is -0.445 e. The van der Waals surface area contributed by atoms with Gasteiger partial charge in [0.2, 0.25) is 11.8 Å². The summed E-state index contributed by atoms with van der Waals surface area (Å²) in [6.45, 7) is 5.49. The van der Waals surface area contributed by atoms with Crippen molar-refractivity contribution in [3.63, 3.8) is 0 Å². The molecule has 0 radical (unpaired) electrons. The molecule has 23 heavy (non-hydrogen) atoms. The zero-order chi connectivity index (χ0) is 15.8. The van der Waals surface area contributed by atoms with E-state index in [2.05, 4.69) is 32.0 Å². The maximum atomic E-state index is 5.57. The summed E-state index contributed by atoms with van der Waals surface area (Å²) in [4.78, 5) is 13.5. The van der Waals surface area contributed by atoms with Gasteiger partial charge in [0.05, 0.1) is 19.3 Å². The Morgan fingerprint density at radius 2 is 2.17 bits per heavy atom. The van der Waals surface area contributed by atoms with Gasteiger partial charge in [-0.1, -0.05) is 5.16 Å². The molecule has 7 nitrogen and oxygen atoms in total. The number of oxazole rings is 1. The first kappa shape index (κ1) is 14.8. The van der Waals surface area contributed by atoms with Crippen molar-refractivity contribution >= 4 is 0 Å². The molecule has 0 N–H and O–H groups in total. The van der Waals surface area contributed by atoms with E-state index < -0.39 is 0 Å². The number of aryl methyl sites for hydroxylation is 1. The molecule has 1 saturated carbocycles. The Kier molecular flexibility index (Phi) is 3.90. The van der Waals surface area contributed by atoms with E-state index in [0.717, 1.165) is 56.0 Å². The third-order valence-corrected chi connectivity index (χ3v) is 4.71. The van der Waals surface area contributed by atoms with E-state index in [1.54, 1.807) is 6.20 Å². The van der Waals surface area contributed by atoms with E-state index in [4.69, 9.17) is 8.94 Å². The van der Waals surface area contributed by atoms with Crippen LogP contribution in [0.15, 0.2) is 15.1 Å². The molecule has 2 fully saturated rings. The lowest BCUT2D eigenvalue weighted by atomic mass is 10.2. The largest absolute Gasteiger partial charge is 0.445 e. The van der Waals surface area contributed by atoms with Gasteiger partial charge < -0.3 is 8.94 Å². The molecular formula is C16H23N5O2. The highest BCUT2D eigenvalue weighted by Crippen LogP contribution is 2.38. The highest BCUT2D eigenvalue weighted by atomic mass is 16.5. The number of aromatic nitrogens is 3. The lowest BCUT2D eigenvalue weighted by Gasteiger charge is -2.22. The van der Waals surface area contributed by atoms with Crippen LogP contribution in [0, 0.1) is 6.92 Å². The lowest BCUT2D eigenvalue weighted by Crippen LogP contribution is -2.34. The molecular weight excluding hydrogens is 294 g/mol. The second-order valence-corrected chi connectivity index (χ2v) is 6.78. The number of likely N-dealkylation sites (N-methyl/N-ethyl adjacent to an activating group) is 1. The molecule has 0 amide bonds. The van der Waals surface area contributed by atoms with Crippen molar-refractivity contribution in [1.82, 2.24) is 24.9 Å². The fourth-order valence-electron chi connectivity index (χ4n) is 3.16. The van der Waals surface area contributed by atoms with Crippen LogP contribution in [0.1, 0.15) is 48.5 Å². The van der Waals surface area contributed by atoms with Gasteiger partial charge in [0.25, 0.3) is 0 Å². The van der Waals surface area contributed by atoms with Crippen LogP contribution in [0.25, 0.3) is 0 Å². The molecule has 1 saturated heterocycles. The number of likely N-dealkylation sites (tertiary alicyclic amines) is 1. The van der Waals surface area contributed by atoms with Gasteiger partial charge in [-0.2, -0.15) is 4.98 Å². The summed E-state index contributed by atoms with van der Waals surface area (Å²) >= 11 is 0. The normalized spacial score (nSPS) is 22.3. The van der Waals surface area contributed by atoms with Gasteiger partial charge in [0, 0.05) is 25.0 Å². The summed E-state index contributed by atoms with van der Waals surface area (Å²) in [5.41, 5.74) is 0. The first-order valence-electron chi connectivity index (χ1n) is 8.34. The Morgan fingerprint density at radius 3 is 2.91 bits per heavy atom. The molecule has 0 spiro atoms. The van der Waals surface area contributed by atoms with Gasteiger partial charge >= 0.3 is 0 Å². The van der Waals surface area contributed by atoms with Gasteiger partial charge in [-0.05, 0) is 33.2 Å². The first-order chi connectivity index (χ1) is 11.2. The lowest BCUT2D eigenvalue weighted by molar-refractivity contribution is 0.197. The summed E-state index contributed by atoms with van der Waals surface area (Å²) in [7, 11) is 2.13. The van der Waals surface area contributed by atoms with Crippen molar-refractivity contribution in [3.8, 4) is 0 Å². The number of nitrogens with zero attached hydrogens (tertiary/aromatic N) is 5. The highest BCUT2D eigenvalue weighted by Gasteiger charge is 2.30. The Hall–Kier alpha value is -1.73. The third-order valence-electron chi connectivity index (χ3n) is 4.71. The second-order valence-electron chi connectivity index (χ2n) is 6.78. The van der Waals surface area contributed by atoms with E-state index in [1.165, 1.54) is 12.8 Å². The van der Waals surface area contributed by atoms with Crippen LogP contribution in [0.3, 0.4) is 0 Å². The van der Waals surface area contributed by atoms with Crippen molar-refractivity contribution in [2.24, 2.45) is 0 Å². The van der Waals surface area contributed by atoms with Crippen LogP contribution >= 0.6 is 0 Å². The molecule has 0 aromatic carbocycles. The predicted molar refractivity (Wildman–Crippen MR) is 82.7 cm³/mol. The average molecular weight is 317 g/mol. The van der Waals surface area contributed by atoms with Crippen LogP contribution in [0.2, 0.25) is 0 Å². The highest BCUT2D eigenvalue weighted by molar-refractivity contribution is 5.03. The molecule has 2 aliphatic rings. The van der Waals surface area contributed by atoms with Crippen LogP contribution in [-0.2, 0) is 13.1 Å². The van der Waals surface area contributed by atoms with Crippen molar-refractivity contribution in [2.45, 2.75) is 51.2 Å². The smallest absolute Gasteiger partial charge is 0.240 e. The molecule has 1 atom stereocenters. The second kappa shape index (κ2) is 6.05. The summed E-state index contributed by atoms with van der Waals surface area (Å²) in [6.07, 6.45) is 5.32. The van der Waals surface area contributed by atoms with E-state index in [0.29, 0.717) is 12.0 Å². The minimum absolute atomic E-state index is 0.507. The SMILES string of the molecule is Cc1cnc(CN(C)[C@H]2CCN(Cc3nc(C4CC4)no3)C2)o1. The van der Waals surface area contributed by atoms with Gasteiger partial charge in [0.1, 0.15) is 5.76 Å². The Balaban J connectivity index is 1.29. The molecule has 4 rings (SSSR count).